The quantitative estimate of drug-likeness (QED) is 0.772. The van der Waals surface area contributed by atoms with Gasteiger partial charge in [0.2, 0.25) is 17.7 Å². The first-order valence-electron chi connectivity index (χ1n) is 7.44. The van der Waals surface area contributed by atoms with E-state index >= 15 is 0 Å². The molecule has 0 radical (unpaired) electrons. The summed E-state index contributed by atoms with van der Waals surface area (Å²) in [6, 6.07) is 3.19. The van der Waals surface area contributed by atoms with Gasteiger partial charge < -0.3 is 9.47 Å². The highest BCUT2D eigenvalue weighted by Crippen LogP contribution is 2.24. The van der Waals surface area contributed by atoms with Crippen LogP contribution >= 0.6 is 0 Å². The summed E-state index contributed by atoms with van der Waals surface area (Å²) in [5.41, 5.74) is 0.305. The average molecular weight is 319 g/mol. The highest BCUT2D eigenvalue weighted by Gasteiger charge is 2.32. The van der Waals surface area contributed by atoms with E-state index in [1.54, 1.807) is 18.2 Å². The molecule has 1 aliphatic rings. The summed E-state index contributed by atoms with van der Waals surface area (Å²) in [7, 11) is 2.93. The highest BCUT2D eigenvalue weighted by molar-refractivity contribution is 5.97. The number of hydrazine groups is 1. The van der Waals surface area contributed by atoms with Gasteiger partial charge in [-0.3, -0.25) is 14.6 Å². The Morgan fingerprint density at radius 1 is 1.22 bits per heavy atom. The Balaban J connectivity index is 2.23. The molecule has 7 nitrogen and oxygen atoms in total. The Morgan fingerprint density at radius 2 is 1.96 bits per heavy atom. The summed E-state index contributed by atoms with van der Waals surface area (Å²) in [6.45, 7) is 2.89. The van der Waals surface area contributed by atoms with E-state index in [9.17, 15) is 9.59 Å². The number of ether oxygens (including phenoxy) is 2. The lowest BCUT2D eigenvalue weighted by Crippen LogP contribution is -2.44. The first kappa shape index (κ1) is 16.8. The molecule has 0 aromatic carbocycles. The summed E-state index contributed by atoms with van der Waals surface area (Å²) < 4.78 is 10.2. The summed E-state index contributed by atoms with van der Waals surface area (Å²) in [5, 5.41) is 2.95. The fourth-order valence-corrected chi connectivity index (χ4v) is 2.40. The van der Waals surface area contributed by atoms with E-state index in [4.69, 9.17) is 9.47 Å². The van der Waals surface area contributed by atoms with E-state index in [1.165, 1.54) is 24.2 Å². The maximum absolute atomic E-state index is 12.8. The molecule has 1 fully saturated rings. The van der Waals surface area contributed by atoms with E-state index in [1.807, 2.05) is 13.0 Å². The fraction of sp³-hybridized carbons (Fsp3) is 0.438. The Bertz CT molecular complexity index is 615. The van der Waals surface area contributed by atoms with Gasteiger partial charge in [-0.25, -0.2) is 5.01 Å². The Morgan fingerprint density at radius 3 is 2.61 bits per heavy atom. The second kappa shape index (κ2) is 7.62. The molecule has 2 amide bonds. The number of hydrogen-bond donors (Lipinski definition) is 0. The number of methoxy groups -OCH3 is 2. The Kier molecular flexibility index (Phi) is 5.56. The second-order valence-electron chi connectivity index (χ2n) is 4.98. The molecule has 7 heteroatoms. The molecule has 1 aromatic heterocycles. The molecule has 2 heterocycles. The van der Waals surface area contributed by atoms with Gasteiger partial charge in [-0.05, 0) is 19.4 Å². The van der Waals surface area contributed by atoms with Crippen LogP contribution in [-0.2, 0) is 4.79 Å². The molecular weight excluding hydrogens is 298 g/mol. The van der Waals surface area contributed by atoms with Crippen molar-refractivity contribution in [2.24, 2.45) is 0 Å². The molecule has 0 spiro atoms. The minimum atomic E-state index is -0.302. The average Bonchev–Trinajstić information content (AvgIpc) is 3.08. The summed E-state index contributed by atoms with van der Waals surface area (Å²) in [4.78, 5) is 29.1. The number of allylic oxidation sites excluding steroid dienone is 1. The largest absolute Gasteiger partial charge is 0.481 e. The summed E-state index contributed by atoms with van der Waals surface area (Å²) >= 11 is 0. The standard InChI is InChI=1S/C16H21N3O4/c1-4-5-7-14(20)18-10-6-11-19(18)16(21)12-8-9-13(22-2)17-15(12)23-3/h4-5,8-9H,6-7,10-11H2,1-3H3. The van der Waals surface area contributed by atoms with Gasteiger partial charge in [-0.1, -0.05) is 12.2 Å². The lowest BCUT2D eigenvalue weighted by molar-refractivity contribution is -0.139. The van der Waals surface area contributed by atoms with Crippen molar-refractivity contribution < 1.29 is 19.1 Å². The third kappa shape index (κ3) is 3.61. The molecule has 0 bridgehead atoms. The summed E-state index contributed by atoms with van der Waals surface area (Å²) in [6.07, 6.45) is 4.62. The highest BCUT2D eigenvalue weighted by atomic mass is 16.5. The third-order valence-electron chi connectivity index (χ3n) is 3.55. The van der Waals surface area contributed by atoms with E-state index in [2.05, 4.69) is 4.98 Å². The molecule has 0 aliphatic carbocycles. The van der Waals surface area contributed by atoms with Gasteiger partial charge in [0.25, 0.3) is 5.91 Å². The number of hydrogen-bond acceptors (Lipinski definition) is 5. The molecular formula is C16H21N3O4. The molecule has 1 aliphatic heterocycles. The summed E-state index contributed by atoms with van der Waals surface area (Å²) in [5.74, 6) is 0.139. The van der Waals surface area contributed by atoms with E-state index < -0.39 is 0 Å². The van der Waals surface area contributed by atoms with Crippen molar-refractivity contribution >= 4 is 11.8 Å². The normalized spacial score (nSPS) is 14.4. The zero-order chi connectivity index (χ0) is 16.8. The van der Waals surface area contributed by atoms with Gasteiger partial charge >= 0.3 is 0 Å². The topological polar surface area (TPSA) is 72.0 Å². The first-order valence-corrected chi connectivity index (χ1v) is 7.44. The minimum Gasteiger partial charge on any atom is -0.481 e. The van der Waals surface area contributed by atoms with Crippen molar-refractivity contribution in [3.63, 3.8) is 0 Å². The molecule has 0 unspecified atom stereocenters. The monoisotopic (exact) mass is 319 g/mol. The van der Waals surface area contributed by atoms with Crippen molar-refractivity contribution in [2.75, 3.05) is 27.3 Å². The van der Waals surface area contributed by atoms with Crippen LogP contribution in [0.3, 0.4) is 0 Å². The Labute approximate surface area is 135 Å². The molecule has 1 saturated heterocycles. The number of carbonyl (C=O) groups excluding carboxylic acids is 2. The van der Waals surface area contributed by atoms with Crippen LogP contribution in [0.1, 0.15) is 30.1 Å². The van der Waals surface area contributed by atoms with Crippen LogP contribution in [0.4, 0.5) is 0 Å². The lowest BCUT2D eigenvalue weighted by Gasteiger charge is -2.28. The first-order chi connectivity index (χ1) is 11.1. The smallest absolute Gasteiger partial charge is 0.277 e. The minimum absolute atomic E-state index is 0.102. The van der Waals surface area contributed by atoms with Crippen molar-refractivity contribution in [1.82, 2.24) is 15.0 Å². The van der Waals surface area contributed by atoms with Gasteiger partial charge in [0.05, 0.1) is 14.2 Å². The van der Waals surface area contributed by atoms with Crippen LogP contribution in [0.25, 0.3) is 0 Å². The van der Waals surface area contributed by atoms with E-state index in [0.29, 0.717) is 24.5 Å². The zero-order valence-electron chi connectivity index (χ0n) is 13.6. The van der Waals surface area contributed by atoms with Crippen LogP contribution in [-0.4, -0.2) is 54.1 Å². The molecule has 0 N–H and O–H groups in total. The van der Waals surface area contributed by atoms with Gasteiger partial charge in [-0.2, -0.15) is 4.98 Å². The molecule has 23 heavy (non-hydrogen) atoms. The van der Waals surface area contributed by atoms with E-state index in [0.717, 1.165) is 6.42 Å². The van der Waals surface area contributed by atoms with Crippen molar-refractivity contribution in [3.8, 4) is 11.8 Å². The second-order valence-corrected chi connectivity index (χ2v) is 4.98. The van der Waals surface area contributed by atoms with Crippen LogP contribution < -0.4 is 9.47 Å². The van der Waals surface area contributed by atoms with Crippen LogP contribution in [0.2, 0.25) is 0 Å². The number of aromatic nitrogens is 1. The number of carbonyl (C=O) groups is 2. The molecule has 2 rings (SSSR count). The van der Waals surface area contributed by atoms with Crippen LogP contribution in [0.15, 0.2) is 24.3 Å². The SMILES string of the molecule is CC=CCC(=O)N1CCCN1C(=O)c1ccc(OC)nc1OC. The van der Waals surface area contributed by atoms with Gasteiger partial charge in [-0.15, -0.1) is 0 Å². The number of pyridine rings is 1. The Hall–Kier alpha value is -2.57. The molecule has 0 atom stereocenters. The lowest BCUT2D eigenvalue weighted by atomic mass is 10.2. The van der Waals surface area contributed by atoms with E-state index in [-0.39, 0.29) is 24.1 Å². The molecule has 1 aromatic rings. The van der Waals surface area contributed by atoms with Gasteiger partial charge in [0.15, 0.2) is 0 Å². The van der Waals surface area contributed by atoms with Gasteiger partial charge in [0.1, 0.15) is 5.56 Å². The predicted molar refractivity (Wildman–Crippen MR) is 84.1 cm³/mol. The van der Waals surface area contributed by atoms with Crippen molar-refractivity contribution in [2.45, 2.75) is 19.8 Å². The zero-order valence-corrected chi connectivity index (χ0v) is 13.6. The third-order valence-corrected chi connectivity index (χ3v) is 3.55. The molecule has 124 valence electrons. The van der Waals surface area contributed by atoms with Gasteiger partial charge in [0, 0.05) is 25.6 Å². The van der Waals surface area contributed by atoms with Crippen molar-refractivity contribution in [1.29, 1.82) is 0 Å². The maximum atomic E-state index is 12.8. The maximum Gasteiger partial charge on any atom is 0.277 e. The number of rotatable bonds is 5. The fourth-order valence-electron chi connectivity index (χ4n) is 2.40. The van der Waals surface area contributed by atoms with Crippen molar-refractivity contribution in [3.05, 3.63) is 29.8 Å². The number of nitrogens with zero attached hydrogens (tertiary/aromatic N) is 3. The molecule has 0 saturated carbocycles. The van der Waals surface area contributed by atoms with Crippen LogP contribution in [0.5, 0.6) is 11.8 Å². The predicted octanol–water partition coefficient (Wildman–Crippen LogP) is 1.65. The van der Waals surface area contributed by atoms with Crippen LogP contribution in [0, 0.1) is 0 Å². The number of amides is 2.